The van der Waals surface area contributed by atoms with Crippen LogP contribution in [0.4, 0.5) is 19.3 Å². The normalized spacial score (nSPS) is 15.9. The van der Waals surface area contributed by atoms with Gasteiger partial charge in [-0.15, -0.1) is 0 Å². The van der Waals surface area contributed by atoms with Gasteiger partial charge in [-0.05, 0) is 50.1 Å². The molecule has 2 heterocycles. The van der Waals surface area contributed by atoms with Crippen molar-refractivity contribution in [3.8, 4) is 11.5 Å². The lowest BCUT2D eigenvalue weighted by Gasteiger charge is -2.20. The highest BCUT2D eigenvalue weighted by atomic mass is 35.5. The molecule has 2 aliphatic heterocycles. The van der Waals surface area contributed by atoms with Crippen LogP contribution in [0.15, 0.2) is 60.7 Å². The van der Waals surface area contributed by atoms with E-state index >= 15 is 0 Å². The van der Waals surface area contributed by atoms with Gasteiger partial charge < -0.3 is 14.8 Å². The Labute approximate surface area is 218 Å². The van der Waals surface area contributed by atoms with E-state index in [4.69, 9.17) is 21.1 Å². The van der Waals surface area contributed by atoms with Crippen LogP contribution in [0.1, 0.15) is 36.1 Å². The number of halogens is 3. The molecule has 0 fully saturated rings. The molecule has 0 unspecified atom stereocenters. The highest BCUT2D eigenvalue weighted by Gasteiger charge is 2.34. The number of amides is 2. The third-order valence-electron chi connectivity index (χ3n) is 6.24. The highest BCUT2D eigenvalue weighted by molar-refractivity contribution is 6.30. The molecule has 0 radical (unpaired) electrons. The summed E-state index contributed by atoms with van der Waals surface area (Å²) in [4.78, 5) is 13.3. The SMILES string of the molecule is Cc1ccc(C2=C(c3ccc(Cl)cc3)CN(C(=O)Nc3cc4c(c(OC(F)F)c3)OC(C)(C)C4)N2)cc1. The molecule has 0 bridgehead atoms. The second kappa shape index (κ2) is 9.59. The van der Waals surface area contributed by atoms with Crippen molar-refractivity contribution in [2.75, 3.05) is 11.9 Å². The lowest BCUT2D eigenvalue weighted by Crippen LogP contribution is -2.40. The van der Waals surface area contributed by atoms with Gasteiger partial charge in [-0.3, -0.25) is 5.43 Å². The fraction of sp³-hybridized carbons (Fsp3) is 0.250. The monoisotopic (exact) mass is 525 g/mol. The number of benzene rings is 3. The first-order valence-corrected chi connectivity index (χ1v) is 12.2. The number of nitrogens with zero attached hydrogens (tertiary/aromatic N) is 1. The van der Waals surface area contributed by atoms with Crippen molar-refractivity contribution < 1.29 is 23.0 Å². The molecule has 0 saturated heterocycles. The van der Waals surface area contributed by atoms with Gasteiger partial charge in [-0.2, -0.15) is 8.78 Å². The summed E-state index contributed by atoms with van der Waals surface area (Å²) in [5.41, 5.74) is 8.35. The summed E-state index contributed by atoms with van der Waals surface area (Å²) < 4.78 is 36.7. The zero-order chi connectivity index (χ0) is 26.3. The van der Waals surface area contributed by atoms with E-state index in [1.807, 2.05) is 57.2 Å². The molecule has 6 nitrogen and oxygen atoms in total. The number of hydrogen-bond acceptors (Lipinski definition) is 4. The Morgan fingerprint density at radius 1 is 1.11 bits per heavy atom. The van der Waals surface area contributed by atoms with Gasteiger partial charge in [0.2, 0.25) is 0 Å². The van der Waals surface area contributed by atoms with Gasteiger partial charge in [-0.25, -0.2) is 9.80 Å². The number of alkyl halides is 2. The number of hydrogen-bond donors (Lipinski definition) is 2. The van der Waals surface area contributed by atoms with Crippen LogP contribution in [-0.2, 0) is 6.42 Å². The first-order valence-electron chi connectivity index (χ1n) is 11.8. The second-order valence-electron chi connectivity index (χ2n) is 9.73. The molecule has 37 heavy (non-hydrogen) atoms. The summed E-state index contributed by atoms with van der Waals surface area (Å²) in [6.07, 6.45) is 0.494. The van der Waals surface area contributed by atoms with E-state index in [2.05, 4.69) is 10.7 Å². The highest BCUT2D eigenvalue weighted by Crippen LogP contribution is 2.44. The van der Waals surface area contributed by atoms with Crippen molar-refractivity contribution in [1.29, 1.82) is 0 Å². The van der Waals surface area contributed by atoms with E-state index in [-0.39, 0.29) is 18.0 Å². The van der Waals surface area contributed by atoms with Crippen molar-refractivity contribution in [2.24, 2.45) is 0 Å². The van der Waals surface area contributed by atoms with Gasteiger partial charge in [0.1, 0.15) is 5.60 Å². The first-order chi connectivity index (χ1) is 17.6. The summed E-state index contributed by atoms with van der Waals surface area (Å²) in [6.45, 7) is 2.99. The Morgan fingerprint density at radius 3 is 2.46 bits per heavy atom. The van der Waals surface area contributed by atoms with Crippen LogP contribution in [0, 0.1) is 6.92 Å². The van der Waals surface area contributed by atoms with Crippen LogP contribution in [0.25, 0.3) is 11.3 Å². The van der Waals surface area contributed by atoms with E-state index in [0.717, 1.165) is 28.0 Å². The Morgan fingerprint density at radius 2 is 1.78 bits per heavy atom. The maximum absolute atomic E-state index is 13.3. The van der Waals surface area contributed by atoms with Gasteiger partial charge in [0.25, 0.3) is 0 Å². The van der Waals surface area contributed by atoms with Gasteiger partial charge in [-0.1, -0.05) is 53.6 Å². The molecular formula is C28H26ClF2N3O3. The van der Waals surface area contributed by atoms with Crippen LogP contribution in [0.5, 0.6) is 11.5 Å². The van der Waals surface area contributed by atoms with Crippen molar-refractivity contribution in [2.45, 2.75) is 39.4 Å². The average Bonchev–Trinajstić information content (AvgIpc) is 3.40. The fourth-order valence-electron chi connectivity index (χ4n) is 4.57. The zero-order valence-electron chi connectivity index (χ0n) is 20.6. The number of hydrazine groups is 1. The number of rotatable bonds is 5. The number of anilines is 1. The number of nitrogens with one attached hydrogen (secondary N) is 2. The predicted molar refractivity (Wildman–Crippen MR) is 140 cm³/mol. The third kappa shape index (κ3) is 5.34. The van der Waals surface area contributed by atoms with Crippen LogP contribution in [0.3, 0.4) is 0 Å². The minimum Gasteiger partial charge on any atom is -0.483 e. The minimum atomic E-state index is -3.02. The molecule has 2 amide bonds. The molecule has 2 aliphatic rings. The van der Waals surface area contributed by atoms with Gasteiger partial charge in [0.15, 0.2) is 11.5 Å². The minimum absolute atomic E-state index is 0.108. The maximum Gasteiger partial charge on any atom is 0.387 e. The molecule has 0 saturated carbocycles. The van der Waals surface area contributed by atoms with Gasteiger partial charge in [0.05, 0.1) is 12.2 Å². The third-order valence-corrected chi connectivity index (χ3v) is 6.49. The van der Waals surface area contributed by atoms with Crippen molar-refractivity contribution in [3.63, 3.8) is 0 Å². The zero-order valence-corrected chi connectivity index (χ0v) is 21.3. The Kier molecular flexibility index (Phi) is 6.45. The summed E-state index contributed by atoms with van der Waals surface area (Å²) in [5.74, 6) is 0.166. The quantitative estimate of drug-likeness (QED) is 0.381. The first kappa shape index (κ1) is 24.9. The molecule has 192 valence electrons. The summed E-state index contributed by atoms with van der Waals surface area (Å²) in [6, 6.07) is 18.0. The van der Waals surface area contributed by atoms with Crippen LogP contribution >= 0.6 is 11.6 Å². The standard InChI is InChI=1S/C28H26ClF2N3O3/c1-16-4-6-18(7-5-16)24-22(17-8-10-20(29)11-9-17)15-34(33-24)27(35)32-21-12-19-14-28(2,3)37-25(19)23(13-21)36-26(30)31/h4-13,26,33H,14-15H2,1-3H3,(H,32,35). The van der Waals surface area contributed by atoms with Crippen molar-refractivity contribution >= 4 is 34.6 Å². The molecular weight excluding hydrogens is 500 g/mol. The topological polar surface area (TPSA) is 62.8 Å². The lowest BCUT2D eigenvalue weighted by atomic mass is 10.00. The van der Waals surface area contributed by atoms with Crippen molar-refractivity contribution in [3.05, 3.63) is 87.9 Å². The summed E-state index contributed by atoms with van der Waals surface area (Å²) in [7, 11) is 0. The fourth-order valence-corrected chi connectivity index (χ4v) is 4.70. The van der Waals surface area contributed by atoms with E-state index in [9.17, 15) is 13.6 Å². The Balaban J connectivity index is 1.42. The average molecular weight is 526 g/mol. The smallest absolute Gasteiger partial charge is 0.387 e. The van der Waals surface area contributed by atoms with Crippen LogP contribution in [-0.4, -0.2) is 29.8 Å². The molecule has 2 N–H and O–H groups in total. The maximum atomic E-state index is 13.3. The van der Waals surface area contributed by atoms with Crippen LogP contribution in [0.2, 0.25) is 5.02 Å². The largest absolute Gasteiger partial charge is 0.483 e. The molecule has 0 aromatic heterocycles. The molecule has 9 heteroatoms. The summed E-state index contributed by atoms with van der Waals surface area (Å²) >= 11 is 6.09. The van der Waals surface area contributed by atoms with E-state index in [1.54, 1.807) is 18.2 Å². The second-order valence-corrected chi connectivity index (χ2v) is 10.2. The lowest BCUT2D eigenvalue weighted by molar-refractivity contribution is -0.0522. The van der Waals surface area contributed by atoms with Gasteiger partial charge in [0, 0.05) is 34.3 Å². The molecule has 0 spiro atoms. The van der Waals surface area contributed by atoms with Crippen LogP contribution < -0.4 is 20.2 Å². The van der Waals surface area contributed by atoms with E-state index in [0.29, 0.717) is 22.7 Å². The number of ether oxygens (including phenoxy) is 2. The molecule has 3 aromatic carbocycles. The van der Waals surface area contributed by atoms with Gasteiger partial charge >= 0.3 is 12.6 Å². The summed E-state index contributed by atoms with van der Waals surface area (Å²) in [5, 5.41) is 4.88. The van der Waals surface area contributed by atoms with E-state index in [1.165, 1.54) is 11.1 Å². The molecule has 0 atom stereocenters. The number of carbonyl (C=O) groups excluding carboxylic acids is 1. The number of fused-ring (bicyclic) bond motifs is 1. The Hall–Kier alpha value is -3.78. The molecule has 5 rings (SSSR count). The van der Waals surface area contributed by atoms with E-state index < -0.39 is 18.2 Å². The number of aryl methyl sites for hydroxylation is 1. The number of carbonyl (C=O) groups is 1. The number of urea groups is 1. The Bertz CT molecular complexity index is 1320. The predicted octanol–water partition coefficient (Wildman–Crippen LogP) is 6.88. The molecule has 0 aliphatic carbocycles. The molecule has 3 aromatic rings. The van der Waals surface area contributed by atoms with Crippen molar-refractivity contribution in [1.82, 2.24) is 10.4 Å².